The zero-order valence-corrected chi connectivity index (χ0v) is 16.0. The Balaban J connectivity index is 1.92. The third-order valence-electron chi connectivity index (χ3n) is 6.73. The maximum absolute atomic E-state index is 10.8. The molecule has 30 heavy (non-hydrogen) atoms. The molecule has 4 N–H and O–H groups in total. The summed E-state index contributed by atoms with van der Waals surface area (Å²) in [4.78, 5) is 3.02. The van der Waals surface area contributed by atoms with Crippen molar-refractivity contribution in [3.8, 4) is 5.88 Å². The predicted molar refractivity (Wildman–Crippen MR) is 118 cm³/mol. The highest BCUT2D eigenvalue weighted by molar-refractivity contribution is 6.36. The van der Waals surface area contributed by atoms with E-state index >= 15 is 0 Å². The van der Waals surface area contributed by atoms with Gasteiger partial charge in [-0.3, -0.25) is 0 Å². The van der Waals surface area contributed by atoms with Gasteiger partial charge in [-0.1, -0.05) is 36.4 Å². The lowest BCUT2D eigenvalue weighted by Gasteiger charge is -2.24. The molecule has 1 aliphatic rings. The van der Waals surface area contributed by atoms with E-state index in [4.69, 9.17) is 0 Å². The standard InChI is InChI=1S/C24H19N3O3/c28-17-10-26-15-7-3-1-5-12(15)19-14-9-25-24(30)21(14)20-13-6-2-4-8-16(13)27(11-18(17)29)23(20)22(19)26/h1-9,17-18,25,28-30H,10-11H2/t17-,18-/m0/s1. The number of aliphatic hydroxyl groups excluding tert-OH is 2. The van der Waals surface area contributed by atoms with Gasteiger partial charge in [-0.05, 0) is 12.1 Å². The molecule has 0 unspecified atom stereocenters. The molecule has 4 heterocycles. The van der Waals surface area contributed by atoms with Crippen molar-refractivity contribution in [1.29, 1.82) is 0 Å². The molecule has 1 aliphatic heterocycles. The fourth-order valence-electron chi connectivity index (χ4n) is 5.48. The van der Waals surface area contributed by atoms with Gasteiger partial charge in [0.1, 0.15) is 0 Å². The highest BCUT2D eigenvalue weighted by Gasteiger charge is 2.30. The predicted octanol–water partition coefficient (Wildman–Crippen LogP) is 3.82. The van der Waals surface area contributed by atoms with Crippen LogP contribution in [0.15, 0.2) is 54.7 Å². The average molecular weight is 397 g/mol. The van der Waals surface area contributed by atoms with Gasteiger partial charge in [-0.15, -0.1) is 0 Å². The topological polar surface area (TPSA) is 86.3 Å². The lowest BCUT2D eigenvalue weighted by Crippen LogP contribution is -2.35. The number of aliphatic hydroxyl groups is 2. The third-order valence-corrected chi connectivity index (χ3v) is 6.73. The Kier molecular flexibility index (Phi) is 2.92. The van der Waals surface area contributed by atoms with Crippen molar-refractivity contribution < 1.29 is 15.3 Å². The molecule has 7 rings (SSSR count). The Morgan fingerprint density at radius 3 is 1.87 bits per heavy atom. The van der Waals surface area contributed by atoms with Gasteiger partial charge in [0.15, 0.2) is 5.88 Å². The summed E-state index contributed by atoms with van der Waals surface area (Å²) in [5, 5.41) is 38.2. The van der Waals surface area contributed by atoms with Gasteiger partial charge in [0.2, 0.25) is 0 Å². The van der Waals surface area contributed by atoms with Gasteiger partial charge in [-0.25, -0.2) is 0 Å². The van der Waals surface area contributed by atoms with Crippen LogP contribution in [0.5, 0.6) is 5.88 Å². The second kappa shape index (κ2) is 5.36. The van der Waals surface area contributed by atoms with E-state index < -0.39 is 12.2 Å². The summed E-state index contributed by atoms with van der Waals surface area (Å²) < 4.78 is 4.22. The van der Waals surface area contributed by atoms with Crippen LogP contribution >= 0.6 is 0 Å². The Bertz CT molecular complexity index is 1650. The van der Waals surface area contributed by atoms with E-state index in [1.807, 2.05) is 42.6 Å². The minimum Gasteiger partial charge on any atom is -0.494 e. The number of H-pyrrole nitrogens is 1. The lowest BCUT2D eigenvalue weighted by atomic mass is 10.0. The van der Waals surface area contributed by atoms with E-state index in [0.717, 1.165) is 54.4 Å². The number of para-hydroxylation sites is 2. The van der Waals surface area contributed by atoms with Gasteiger partial charge in [0.05, 0.1) is 41.7 Å². The smallest absolute Gasteiger partial charge is 0.197 e. The summed E-state index contributed by atoms with van der Waals surface area (Å²) in [6, 6.07) is 16.2. The molecule has 6 aromatic rings. The zero-order valence-electron chi connectivity index (χ0n) is 16.0. The van der Waals surface area contributed by atoms with E-state index in [1.54, 1.807) is 0 Å². The molecule has 0 amide bonds. The van der Waals surface area contributed by atoms with Crippen LogP contribution in [-0.4, -0.2) is 41.6 Å². The maximum atomic E-state index is 10.8. The quantitative estimate of drug-likeness (QED) is 0.314. The van der Waals surface area contributed by atoms with Crippen molar-refractivity contribution >= 4 is 54.4 Å². The number of nitrogens with zero attached hydrogens (tertiary/aromatic N) is 2. The van der Waals surface area contributed by atoms with E-state index in [1.165, 1.54) is 0 Å². The van der Waals surface area contributed by atoms with Crippen LogP contribution in [0.25, 0.3) is 54.4 Å². The summed E-state index contributed by atoms with van der Waals surface area (Å²) in [7, 11) is 0. The van der Waals surface area contributed by atoms with E-state index in [2.05, 4.69) is 26.3 Å². The number of benzene rings is 3. The third kappa shape index (κ3) is 1.77. The molecule has 2 atom stereocenters. The summed E-state index contributed by atoms with van der Waals surface area (Å²) in [6.07, 6.45) is 0.0828. The van der Waals surface area contributed by atoms with Gasteiger partial charge < -0.3 is 29.4 Å². The summed E-state index contributed by atoms with van der Waals surface area (Å²) in [5.41, 5.74) is 3.99. The van der Waals surface area contributed by atoms with E-state index in [9.17, 15) is 15.3 Å². The molecule has 0 fully saturated rings. The van der Waals surface area contributed by atoms with E-state index in [0.29, 0.717) is 13.1 Å². The fourth-order valence-corrected chi connectivity index (χ4v) is 5.48. The van der Waals surface area contributed by atoms with Crippen molar-refractivity contribution in [3.05, 3.63) is 54.7 Å². The van der Waals surface area contributed by atoms with Crippen LogP contribution < -0.4 is 0 Å². The van der Waals surface area contributed by atoms with Crippen molar-refractivity contribution in [2.24, 2.45) is 0 Å². The number of rotatable bonds is 0. The first-order chi connectivity index (χ1) is 14.6. The molecule has 3 aromatic heterocycles. The van der Waals surface area contributed by atoms with Crippen LogP contribution in [0.1, 0.15) is 0 Å². The highest BCUT2D eigenvalue weighted by atomic mass is 16.3. The van der Waals surface area contributed by atoms with Gasteiger partial charge >= 0.3 is 0 Å². The van der Waals surface area contributed by atoms with Gasteiger partial charge in [0.25, 0.3) is 0 Å². The lowest BCUT2D eigenvalue weighted by molar-refractivity contribution is 0.00168. The minimum absolute atomic E-state index is 0.147. The molecular formula is C24H19N3O3. The van der Waals surface area contributed by atoms with Crippen LogP contribution in [0.3, 0.4) is 0 Å². The van der Waals surface area contributed by atoms with Crippen LogP contribution in [0.4, 0.5) is 0 Å². The molecule has 3 aromatic carbocycles. The Hall–Kier alpha value is -3.48. The minimum atomic E-state index is -0.899. The molecule has 0 bridgehead atoms. The van der Waals surface area contributed by atoms with Crippen molar-refractivity contribution in [2.45, 2.75) is 25.3 Å². The first-order valence-electron chi connectivity index (χ1n) is 10.1. The number of aromatic amines is 1. The molecule has 0 radical (unpaired) electrons. The number of hydrogen-bond donors (Lipinski definition) is 4. The fraction of sp³-hybridized carbons (Fsp3) is 0.167. The van der Waals surface area contributed by atoms with Gasteiger partial charge in [-0.2, -0.15) is 0 Å². The van der Waals surface area contributed by atoms with Crippen LogP contribution in [0, 0.1) is 0 Å². The number of hydrogen-bond acceptors (Lipinski definition) is 3. The first kappa shape index (κ1) is 16.3. The van der Waals surface area contributed by atoms with E-state index in [-0.39, 0.29) is 5.88 Å². The molecule has 0 aliphatic carbocycles. The molecule has 0 saturated carbocycles. The van der Waals surface area contributed by atoms with Crippen LogP contribution in [-0.2, 0) is 13.1 Å². The Labute approximate surface area is 170 Å². The SMILES string of the molecule is Oc1[nH]cc2c1c1c3ccccc3n3c1c1c2c2ccccc2n1C[C@H](O)[C@@H](O)C3. The number of aromatic nitrogens is 3. The largest absolute Gasteiger partial charge is 0.494 e. The summed E-state index contributed by atoms with van der Waals surface area (Å²) in [5.74, 6) is 0.147. The maximum Gasteiger partial charge on any atom is 0.197 e. The Morgan fingerprint density at radius 1 is 0.700 bits per heavy atom. The highest BCUT2D eigenvalue weighted by Crippen LogP contribution is 2.47. The molecular weight excluding hydrogens is 378 g/mol. The van der Waals surface area contributed by atoms with Gasteiger partial charge in [0, 0.05) is 44.2 Å². The Morgan fingerprint density at radius 2 is 1.23 bits per heavy atom. The second-order valence-electron chi connectivity index (χ2n) is 8.26. The monoisotopic (exact) mass is 397 g/mol. The van der Waals surface area contributed by atoms with Crippen molar-refractivity contribution in [2.75, 3.05) is 0 Å². The second-order valence-corrected chi connectivity index (χ2v) is 8.26. The number of fused-ring (bicyclic) bond motifs is 9. The zero-order chi connectivity index (χ0) is 20.1. The van der Waals surface area contributed by atoms with Crippen LogP contribution in [0.2, 0.25) is 0 Å². The normalized spacial score (nSPS) is 19.5. The summed E-state index contributed by atoms with van der Waals surface area (Å²) in [6.45, 7) is 0.599. The molecule has 6 heteroatoms. The number of aromatic hydroxyl groups is 1. The first-order valence-corrected chi connectivity index (χ1v) is 10.1. The van der Waals surface area contributed by atoms with Crippen molar-refractivity contribution in [1.82, 2.24) is 14.1 Å². The molecule has 6 nitrogen and oxygen atoms in total. The average Bonchev–Trinajstić information content (AvgIpc) is 3.39. The number of nitrogens with one attached hydrogen (secondary N) is 1. The van der Waals surface area contributed by atoms with Crippen molar-refractivity contribution in [3.63, 3.8) is 0 Å². The molecule has 148 valence electrons. The molecule has 0 spiro atoms. The summed E-state index contributed by atoms with van der Waals surface area (Å²) >= 11 is 0. The molecule has 0 saturated heterocycles.